The molecular weight excluding hydrogens is 224 g/mol. The van der Waals surface area contributed by atoms with Crippen LogP contribution in [0.4, 0.5) is 0 Å². The average molecular weight is 246 g/mol. The molecule has 3 heteroatoms. The lowest BCUT2D eigenvalue weighted by Crippen LogP contribution is -2.35. The summed E-state index contributed by atoms with van der Waals surface area (Å²) in [5, 5.41) is 0. The summed E-state index contributed by atoms with van der Waals surface area (Å²) in [4.78, 5) is 0. The van der Waals surface area contributed by atoms with Gasteiger partial charge in [0.05, 0.1) is 6.61 Å². The third-order valence-corrected chi connectivity index (χ3v) is 4.09. The van der Waals surface area contributed by atoms with Gasteiger partial charge in [0.25, 0.3) is 0 Å². The number of ether oxygens (including phenoxy) is 1. The molecule has 1 fully saturated rings. The van der Waals surface area contributed by atoms with Crippen LogP contribution in [0, 0.1) is 5.92 Å². The van der Waals surface area contributed by atoms with Crippen LogP contribution < -0.4 is 16.0 Å². The number of aryl methyl sites for hydroxylation is 1. The lowest BCUT2D eigenvalue weighted by Gasteiger charge is -2.15. The van der Waals surface area contributed by atoms with Crippen molar-refractivity contribution in [3.05, 3.63) is 29.3 Å². The first-order valence-corrected chi connectivity index (χ1v) is 7.06. The number of rotatable bonds is 6. The minimum absolute atomic E-state index is 0.474. The molecule has 1 atom stereocenters. The Morgan fingerprint density at radius 2 is 2.28 bits per heavy atom. The van der Waals surface area contributed by atoms with Crippen molar-refractivity contribution in [2.75, 3.05) is 6.61 Å². The molecule has 1 unspecified atom stereocenters. The van der Waals surface area contributed by atoms with Gasteiger partial charge in [-0.15, -0.1) is 0 Å². The maximum atomic E-state index is 5.63. The Morgan fingerprint density at radius 1 is 1.39 bits per heavy atom. The van der Waals surface area contributed by atoms with E-state index in [1.165, 1.54) is 30.4 Å². The van der Waals surface area contributed by atoms with Crippen LogP contribution in [0.1, 0.15) is 36.8 Å². The maximum Gasteiger partial charge on any atom is 0.122 e. The second kappa shape index (κ2) is 5.29. The normalized spacial score (nSPS) is 19.4. The van der Waals surface area contributed by atoms with E-state index in [2.05, 4.69) is 23.6 Å². The van der Waals surface area contributed by atoms with Gasteiger partial charge in [0.15, 0.2) is 0 Å². The standard InChI is InChI=1S/C15H22N2O/c16-17-14(10-12-1-2-12)5-3-11-4-6-15-13(9-11)7-8-18-15/h4,6,9,12,14,17H,1-3,5,7-8,10,16H2. The van der Waals surface area contributed by atoms with Crippen molar-refractivity contribution in [2.24, 2.45) is 11.8 Å². The Kier molecular flexibility index (Phi) is 3.52. The van der Waals surface area contributed by atoms with Gasteiger partial charge in [0.1, 0.15) is 5.75 Å². The minimum Gasteiger partial charge on any atom is -0.493 e. The maximum absolute atomic E-state index is 5.63. The van der Waals surface area contributed by atoms with Crippen molar-refractivity contribution in [1.29, 1.82) is 0 Å². The van der Waals surface area contributed by atoms with E-state index in [-0.39, 0.29) is 0 Å². The molecule has 3 N–H and O–H groups in total. The fraction of sp³-hybridized carbons (Fsp3) is 0.600. The zero-order valence-electron chi connectivity index (χ0n) is 10.8. The van der Waals surface area contributed by atoms with Gasteiger partial charge in [0, 0.05) is 12.5 Å². The van der Waals surface area contributed by atoms with Crippen molar-refractivity contribution in [2.45, 2.75) is 44.6 Å². The van der Waals surface area contributed by atoms with Crippen molar-refractivity contribution in [1.82, 2.24) is 5.43 Å². The Bertz CT molecular complexity index is 415. The first kappa shape index (κ1) is 12.0. The van der Waals surface area contributed by atoms with Crippen molar-refractivity contribution in [3.8, 4) is 5.75 Å². The van der Waals surface area contributed by atoms with E-state index >= 15 is 0 Å². The summed E-state index contributed by atoms with van der Waals surface area (Å²) < 4.78 is 5.53. The smallest absolute Gasteiger partial charge is 0.122 e. The lowest BCUT2D eigenvalue weighted by molar-refractivity contribution is 0.357. The number of nitrogens with two attached hydrogens (primary N) is 1. The lowest BCUT2D eigenvalue weighted by atomic mass is 9.99. The molecule has 0 bridgehead atoms. The van der Waals surface area contributed by atoms with Crippen LogP contribution in [-0.2, 0) is 12.8 Å². The Morgan fingerprint density at radius 3 is 3.06 bits per heavy atom. The fourth-order valence-corrected chi connectivity index (χ4v) is 2.76. The zero-order chi connectivity index (χ0) is 12.4. The van der Waals surface area contributed by atoms with Crippen LogP contribution in [0.3, 0.4) is 0 Å². The van der Waals surface area contributed by atoms with Crippen molar-refractivity contribution in [3.63, 3.8) is 0 Å². The number of fused-ring (bicyclic) bond motifs is 1. The molecule has 1 aliphatic heterocycles. The number of hydrogen-bond acceptors (Lipinski definition) is 3. The molecule has 1 heterocycles. The highest BCUT2D eigenvalue weighted by Crippen LogP contribution is 2.34. The van der Waals surface area contributed by atoms with Gasteiger partial charge in [0.2, 0.25) is 0 Å². The molecule has 0 aromatic heterocycles. The van der Waals surface area contributed by atoms with Gasteiger partial charge >= 0.3 is 0 Å². The number of nitrogens with one attached hydrogen (secondary N) is 1. The van der Waals surface area contributed by atoms with E-state index in [1.807, 2.05) is 0 Å². The number of hydrazine groups is 1. The molecule has 0 amide bonds. The molecule has 2 aliphatic rings. The Labute approximate surface area is 109 Å². The van der Waals surface area contributed by atoms with Crippen molar-refractivity contribution >= 4 is 0 Å². The largest absolute Gasteiger partial charge is 0.493 e. The van der Waals surface area contributed by atoms with E-state index in [9.17, 15) is 0 Å². The van der Waals surface area contributed by atoms with Crippen LogP contribution in [0.15, 0.2) is 18.2 Å². The van der Waals surface area contributed by atoms with Crippen LogP contribution in [0.2, 0.25) is 0 Å². The minimum atomic E-state index is 0.474. The molecule has 1 aliphatic carbocycles. The SMILES string of the molecule is NNC(CCc1ccc2c(c1)CCO2)CC1CC1. The molecule has 0 spiro atoms. The quantitative estimate of drug-likeness (QED) is 0.597. The second-order valence-electron chi connectivity index (χ2n) is 5.62. The van der Waals surface area contributed by atoms with Crippen LogP contribution in [0.5, 0.6) is 5.75 Å². The summed E-state index contributed by atoms with van der Waals surface area (Å²) in [7, 11) is 0. The van der Waals surface area contributed by atoms with E-state index in [0.717, 1.165) is 37.5 Å². The van der Waals surface area contributed by atoms with Crippen LogP contribution >= 0.6 is 0 Å². The summed E-state index contributed by atoms with van der Waals surface area (Å²) in [6, 6.07) is 7.08. The van der Waals surface area contributed by atoms with Gasteiger partial charge in [-0.2, -0.15) is 0 Å². The highest BCUT2D eigenvalue weighted by Gasteiger charge is 2.24. The highest BCUT2D eigenvalue weighted by atomic mass is 16.5. The summed E-state index contributed by atoms with van der Waals surface area (Å²) in [6.45, 7) is 0.841. The molecule has 0 radical (unpaired) electrons. The van der Waals surface area contributed by atoms with E-state index in [1.54, 1.807) is 0 Å². The molecule has 1 aromatic rings. The number of hydrogen-bond donors (Lipinski definition) is 2. The first-order valence-electron chi connectivity index (χ1n) is 7.06. The predicted octanol–water partition coefficient (Wildman–Crippen LogP) is 2.19. The molecular formula is C15H22N2O. The summed E-state index contributed by atoms with van der Waals surface area (Å²) in [5.74, 6) is 7.64. The zero-order valence-corrected chi connectivity index (χ0v) is 10.8. The van der Waals surface area contributed by atoms with Gasteiger partial charge in [-0.3, -0.25) is 11.3 Å². The molecule has 98 valence electrons. The molecule has 18 heavy (non-hydrogen) atoms. The van der Waals surface area contributed by atoms with Gasteiger partial charge in [-0.05, 0) is 42.4 Å². The fourth-order valence-electron chi connectivity index (χ4n) is 2.76. The second-order valence-corrected chi connectivity index (χ2v) is 5.62. The predicted molar refractivity (Wildman–Crippen MR) is 72.4 cm³/mol. The topological polar surface area (TPSA) is 47.3 Å². The summed E-state index contributed by atoms with van der Waals surface area (Å²) >= 11 is 0. The Hall–Kier alpha value is -1.06. The molecule has 1 saturated carbocycles. The van der Waals surface area contributed by atoms with Gasteiger partial charge in [-0.25, -0.2) is 0 Å². The molecule has 3 rings (SSSR count). The van der Waals surface area contributed by atoms with Crippen LogP contribution in [0.25, 0.3) is 0 Å². The Balaban J connectivity index is 1.55. The van der Waals surface area contributed by atoms with E-state index in [0.29, 0.717) is 6.04 Å². The molecule has 3 nitrogen and oxygen atoms in total. The third kappa shape index (κ3) is 2.85. The first-order chi connectivity index (χ1) is 8.85. The van der Waals surface area contributed by atoms with Gasteiger partial charge < -0.3 is 4.74 Å². The van der Waals surface area contributed by atoms with Gasteiger partial charge in [-0.1, -0.05) is 25.0 Å². The molecule has 0 saturated heterocycles. The summed E-state index contributed by atoms with van der Waals surface area (Å²) in [5.41, 5.74) is 5.75. The monoisotopic (exact) mass is 246 g/mol. The van der Waals surface area contributed by atoms with Crippen molar-refractivity contribution < 1.29 is 4.74 Å². The molecule has 1 aromatic carbocycles. The van der Waals surface area contributed by atoms with E-state index < -0.39 is 0 Å². The summed E-state index contributed by atoms with van der Waals surface area (Å²) in [6.07, 6.45) is 7.33. The third-order valence-electron chi connectivity index (χ3n) is 4.09. The average Bonchev–Trinajstić information content (AvgIpc) is 3.09. The van der Waals surface area contributed by atoms with Crippen LogP contribution in [-0.4, -0.2) is 12.6 Å². The van der Waals surface area contributed by atoms with E-state index in [4.69, 9.17) is 10.6 Å². The number of benzene rings is 1. The highest BCUT2D eigenvalue weighted by molar-refractivity contribution is 5.39.